The smallest absolute Gasteiger partial charge is 0.248 e. The van der Waals surface area contributed by atoms with Gasteiger partial charge >= 0.3 is 0 Å². The van der Waals surface area contributed by atoms with Crippen LogP contribution in [0.4, 0.5) is 5.69 Å². The molecule has 5 heteroatoms. The number of carbonyl (C=O) groups is 2. The molecule has 90 valence electrons. The quantitative estimate of drug-likeness (QED) is 0.691. The summed E-state index contributed by atoms with van der Waals surface area (Å²) in [6.07, 6.45) is 2.29. The summed E-state index contributed by atoms with van der Waals surface area (Å²) >= 11 is 0. The highest BCUT2D eigenvalue weighted by atomic mass is 16.2. The van der Waals surface area contributed by atoms with Crippen molar-refractivity contribution in [2.75, 3.05) is 11.9 Å². The molecule has 1 saturated carbocycles. The van der Waals surface area contributed by atoms with E-state index in [1.165, 1.54) is 0 Å². The Labute approximate surface area is 99.4 Å². The van der Waals surface area contributed by atoms with Crippen molar-refractivity contribution in [2.45, 2.75) is 18.9 Å². The normalized spacial score (nSPS) is 14.4. The zero-order valence-electron chi connectivity index (χ0n) is 9.40. The largest absolute Gasteiger partial charge is 0.366 e. The van der Waals surface area contributed by atoms with Gasteiger partial charge in [0.1, 0.15) is 0 Å². The van der Waals surface area contributed by atoms with Crippen molar-refractivity contribution in [3.8, 4) is 0 Å². The molecule has 1 aromatic rings. The van der Waals surface area contributed by atoms with Crippen LogP contribution in [-0.2, 0) is 4.79 Å². The van der Waals surface area contributed by atoms with Gasteiger partial charge in [-0.25, -0.2) is 0 Å². The van der Waals surface area contributed by atoms with Crippen LogP contribution in [-0.4, -0.2) is 24.4 Å². The third-order valence-electron chi connectivity index (χ3n) is 2.56. The fraction of sp³-hybridized carbons (Fsp3) is 0.333. The zero-order chi connectivity index (χ0) is 12.3. The third-order valence-corrected chi connectivity index (χ3v) is 2.56. The standard InChI is InChI=1S/C12H15N3O2/c13-12(17)8-2-1-3-10(6-8)15-11(16)7-14-9-4-5-9/h1-3,6,9,14H,4-5,7H2,(H2,13,17)(H,15,16). The summed E-state index contributed by atoms with van der Waals surface area (Å²) in [6.45, 7) is 0.297. The predicted octanol–water partition coefficient (Wildman–Crippen LogP) is 0.476. The molecular formula is C12H15N3O2. The summed E-state index contributed by atoms with van der Waals surface area (Å²) in [5, 5.41) is 5.82. The Kier molecular flexibility index (Phi) is 3.39. The Morgan fingerprint density at radius 2 is 2.12 bits per heavy atom. The van der Waals surface area contributed by atoms with Crippen molar-refractivity contribution in [3.63, 3.8) is 0 Å². The first-order valence-electron chi connectivity index (χ1n) is 5.58. The van der Waals surface area contributed by atoms with Gasteiger partial charge in [-0.1, -0.05) is 6.07 Å². The molecule has 0 saturated heterocycles. The van der Waals surface area contributed by atoms with Crippen LogP contribution in [0.5, 0.6) is 0 Å². The van der Waals surface area contributed by atoms with E-state index in [-0.39, 0.29) is 5.91 Å². The van der Waals surface area contributed by atoms with Gasteiger partial charge < -0.3 is 16.4 Å². The van der Waals surface area contributed by atoms with Crippen molar-refractivity contribution in [1.82, 2.24) is 5.32 Å². The highest BCUT2D eigenvalue weighted by molar-refractivity contribution is 5.96. The number of primary amides is 1. The second-order valence-corrected chi connectivity index (χ2v) is 4.15. The van der Waals surface area contributed by atoms with Crippen LogP contribution in [0.3, 0.4) is 0 Å². The van der Waals surface area contributed by atoms with E-state index in [0.717, 1.165) is 12.8 Å². The summed E-state index contributed by atoms with van der Waals surface area (Å²) < 4.78 is 0. The van der Waals surface area contributed by atoms with Crippen LogP contribution in [0, 0.1) is 0 Å². The molecule has 1 fully saturated rings. The highest BCUT2D eigenvalue weighted by Crippen LogP contribution is 2.18. The lowest BCUT2D eigenvalue weighted by atomic mass is 10.2. The Hall–Kier alpha value is -1.88. The van der Waals surface area contributed by atoms with Crippen molar-refractivity contribution < 1.29 is 9.59 Å². The van der Waals surface area contributed by atoms with Crippen LogP contribution < -0.4 is 16.4 Å². The molecule has 1 aliphatic carbocycles. The average molecular weight is 233 g/mol. The predicted molar refractivity (Wildman–Crippen MR) is 64.6 cm³/mol. The maximum absolute atomic E-state index is 11.5. The summed E-state index contributed by atoms with van der Waals surface area (Å²) in [4.78, 5) is 22.5. The molecule has 0 heterocycles. The second-order valence-electron chi connectivity index (χ2n) is 4.15. The van der Waals surface area contributed by atoms with Gasteiger partial charge in [0.15, 0.2) is 0 Å². The fourth-order valence-electron chi connectivity index (χ4n) is 1.48. The van der Waals surface area contributed by atoms with Gasteiger partial charge in [-0.15, -0.1) is 0 Å². The Balaban J connectivity index is 1.90. The molecule has 1 aliphatic rings. The van der Waals surface area contributed by atoms with Gasteiger partial charge in [0.2, 0.25) is 11.8 Å². The number of hydrogen-bond acceptors (Lipinski definition) is 3. The molecule has 2 amide bonds. The number of nitrogens with one attached hydrogen (secondary N) is 2. The lowest BCUT2D eigenvalue weighted by molar-refractivity contribution is -0.115. The second kappa shape index (κ2) is 4.97. The van der Waals surface area contributed by atoms with Crippen molar-refractivity contribution >= 4 is 17.5 Å². The van der Waals surface area contributed by atoms with Crippen LogP contribution in [0.15, 0.2) is 24.3 Å². The van der Waals surface area contributed by atoms with E-state index in [9.17, 15) is 9.59 Å². The monoisotopic (exact) mass is 233 g/mol. The topological polar surface area (TPSA) is 84.2 Å². The first-order valence-corrected chi connectivity index (χ1v) is 5.58. The first kappa shape index (κ1) is 11.6. The minimum atomic E-state index is -0.503. The van der Waals surface area contributed by atoms with Crippen LogP contribution in [0.25, 0.3) is 0 Å². The van der Waals surface area contributed by atoms with E-state index in [2.05, 4.69) is 10.6 Å². The molecule has 2 rings (SSSR count). The van der Waals surface area contributed by atoms with Crippen LogP contribution in [0.1, 0.15) is 23.2 Å². The molecule has 0 unspecified atom stereocenters. The van der Waals surface area contributed by atoms with Gasteiger partial charge in [-0.3, -0.25) is 9.59 Å². The average Bonchev–Trinajstić information content (AvgIpc) is 3.10. The van der Waals surface area contributed by atoms with Gasteiger partial charge in [-0.05, 0) is 31.0 Å². The lowest BCUT2D eigenvalue weighted by Crippen LogP contribution is -2.29. The molecule has 0 atom stereocenters. The summed E-state index contributed by atoms with van der Waals surface area (Å²) in [5.41, 5.74) is 6.13. The summed E-state index contributed by atoms with van der Waals surface area (Å²) in [6, 6.07) is 7.08. The Morgan fingerprint density at radius 3 is 2.76 bits per heavy atom. The van der Waals surface area contributed by atoms with Crippen molar-refractivity contribution in [2.24, 2.45) is 5.73 Å². The molecule has 5 nitrogen and oxygen atoms in total. The fourth-order valence-corrected chi connectivity index (χ4v) is 1.48. The highest BCUT2D eigenvalue weighted by Gasteiger charge is 2.21. The molecule has 0 aromatic heterocycles. The van der Waals surface area contributed by atoms with E-state index in [4.69, 9.17) is 5.73 Å². The van der Waals surface area contributed by atoms with E-state index < -0.39 is 5.91 Å². The Morgan fingerprint density at radius 1 is 1.35 bits per heavy atom. The molecule has 17 heavy (non-hydrogen) atoms. The molecular weight excluding hydrogens is 218 g/mol. The number of rotatable bonds is 5. The van der Waals surface area contributed by atoms with E-state index in [1.807, 2.05) is 0 Å². The maximum Gasteiger partial charge on any atom is 0.248 e. The third kappa shape index (κ3) is 3.57. The SMILES string of the molecule is NC(=O)c1cccc(NC(=O)CNC2CC2)c1. The number of carbonyl (C=O) groups excluding carboxylic acids is 2. The molecule has 1 aromatic carbocycles. The Bertz CT molecular complexity index is 441. The van der Waals surface area contributed by atoms with Gasteiger partial charge in [-0.2, -0.15) is 0 Å². The van der Waals surface area contributed by atoms with Crippen molar-refractivity contribution in [1.29, 1.82) is 0 Å². The number of anilines is 1. The number of hydrogen-bond donors (Lipinski definition) is 3. The molecule has 0 aliphatic heterocycles. The lowest BCUT2D eigenvalue weighted by Gasteiger charge is -2.06. The zero-order valence-corrected chi connectivity index (χ0v) is 9.40. The van der Waals surface area contributed by atoms with Gasteiger partial charge in [0.05, 0.1) is 6.54 Å². The van der Waals surface area contributed by atoms with Crippen LogP contribution >= 0.6 is 0 Å². The van der Waals surface area contributed by atoms with Crippen LogP contribution in [0.2, 0.25) is 0 Å². The van der Waals surface area contributed by atoms with Crippen molar-refractivity contribution in [3.05, 3.63) is 29.8 Å². The first-order chi connectivity index (χ1) is 8.15. The minimum Gasteiger partial charge on any atom is -0.366 e. The van der Waals surface area contributed by atoms with E-state index in [1.54, 1.807) is 24.3 Å². The molecule has 0 radical (unpaired) electrons. The number of amides is 2. The van der Waals surface area contributed by atoms with Gasteiger partial charge in [0.25, 0.3) is 0 Å². The maximum atomic E-state index is 11.5. The number of benzene rings is 1. The number of nitrogens with two attached hydrogens (primary N) is 1. The molecule has 4 N–H and O–H groups in total. The summed E-state index contributed by atoms with van der Waals surface area (Å²) in [5.74, 6) is -0.615. The van der Waals surface area contributed by atoms with Gasteiger partial charge in [0, 0.05) is 17.3 Å². The van der Waals surface area contributed by atoms with E-state index in [0.29, 0.717) is 23.8 Å². The molecule has 0 spiro atoms. The minimum absolute atomic E-state index is 0.112. The van der Waals surface area contributed by atoms with E-state index >= 15 is 0 Å². The summed E-state index contributed by atoms with van der Waals surface area (Å²) in [7, 11) is 0. The molecule has 0 bridgehead atoms.